The fourth-order valence-electron chi connectivity index (χ4n) is 3.41. The van der Waals surface area contributed by atoms with E-state index in [1.54, 1.807) is 12.1 Å². The first-order chi connectivity index (χ1) is 11.5. The van der Waals surface area contributed by atoms with Gasteiger partial charge in [-0.2, -0.15) is 5.10 Å². The van der Waals surface area contributed by atoms with Gasteiger partial charge >= 0.3 is 0 Å². The van der Waals surface area contributed by atoms with Crippen molar-refractivity contribution in [2.24, 2.45) is 7.05 Å². The Morgan fingerprint density at radius 2 is 2.12 bits per heavy atom. The third kappa shape index (κ3) is 2.49. The van der Waals surface area contributed by atoms with Gasteiger partial charge in [-0.25, -0.2) is 4.39 Å². The third-order valence-electron chi connectivity index (χ3n) is 4.52. The lowest BCUT2D eigenvalue weighted by Crippen LogP contribution is -2.31. The lowest BCUT2D eigenvalue weighted by molar-refractivity contribution is 0.631. The predicted molar refractivity (Wildman–Crippen MR) is 93.9 cm³/mol. The molecule has 0 saturated heterocycles. The van der Waals surface area contributed by atoms with Crippen molar-refractivity contribution < 1.29 is 4.39 Å². The fraction of sp³-hybridized carbons (Fsp3) is 0.278. The Kier molecular flexibility index (Phi) is 3.61. The Balaban J connectivity index is 1.69. The summed E-state index contributed by atoms with van der Waals surface area (Å²) in [6.45, 7) is 3.67. The molecule has 4 nitrogen and oxygen atoms in total. The maximum atomic E-state index is 14.2. The molecule has 0 bridgehead atoms. The van der Waals surface area contributed by atoms with Crippen molar-refractivity contribution in [3.63, 3.8) is 0 Å². The highest BCUT2D eigenvalue weighted by molar-refractivity contribution is 6.33. The molecule has 1 aliphatic heterocycles. The van der Waals surface area contributed by atoms with Crippen molar-refractivity contribution in [1.29, 1.82) is 0 Å². The predicted octanol–water partition coefficient (Wildman–Crippen LogP) is 4.08. The maximum absolute atomic E-state index is 14.2. The molecule has 3 aromatic rings. The van der Waals surface area contributed by atoms with Gasteiger partial charge < -0.3 is 9.88 Å². The van der Waals surface area contributed by atoms with Crippen LogP contribution in [0.25, 0.3) is 11.3 Å². The molecule has 1 N–H and O–H groups in total. The number of nitrogens with one attached hydrogen (secondary N) is 1. The number of aryl methyl sites for hydroxylation is 2. The first-order valence-corrected chi connectivity index (χ1v) is 8.31. The van der Waals surface area contributed by atoms with Crippen LogP contribution in [-0.2, 0) is 20.0 Å². The monoisotopic (exact) mass is 344 g/mol. The van der Waals surface area contributed by atoms with E-state index in [0.717, 1.165) is 42.4 Å². The first-order valence-electron chi connectivity index (χ1n) is 7.93. The molecule has 4 rings (SSSR count). The maximum Gasteiger partial charge on any atom is 0.134 e. The second-order valence-electron chi connectivity index (χ2n) is 6.22. The molecule has 0 radical (unpaired) electrons. The van der Waals surface area contributed by atoms with E-state index in [2.05, 4.69) is 21.0 Å². The summed E-state index contributed by atoms with van der Waals surface area (Å²) in [5.41, 5.74) is 4.52. The van der Waals surface area contributed by atoms with E-state index in [9.17, 15) is 4.39 Å². The Morgan fingerprint density at radius 1 is 1.29 bits per heavy atom. The van der Waals surface area contributed by atoms with Crippen LogP contribution in [-0.4, -0.2) is 21.3 Å². The van der Waals surface area contributed by atoms with Gasteiger partial charge in [-0.1, -0.05) is 17.7 Å². The third-order valence-corrected chi connectivity index (χ3v) is 4.83. The number of aromatic amines is 1. The number of nitrogens with zero attached hydrogens (tertiary/aromatic N) is 3. The minimum absolute atomic E-state index is 0.305. The van der Waals surface area contributed by atoms with E-state index in [0.29, 0.717) is 10.6 Å². The Labute approximate surface area is 144 Å². The van der Waals surface area contributed by atoms with Crippen LogP contribution < -0.4 is 4.90 Å². The number of benzene rings is 1. The van der Waals surface area contributed by atoms with Crippen LogP contribution >= 0.6 is 11.6 Å². The van der Waals surface area contributed by atoms with Crippen molar-refractivity contribution in [3.8, 4) is 11.3 Å². The quantitative estimate of drug-likeness (QED) is 0.760. The van der Waals surface area contributed by atoms with Crippen LogP contribution in [0, 0.1) is 12.7 Å². The normalized spacial score (nSPS) is 14.1. The van der Waals surface area contributed by atoms with E-state index in [1.807, 2.05) is 24.7 Å². The van der Waals surface area contributed by atoms with Crippen LogP contribution in [0.4, 0.5) is 10.2 Å². The number of H-pyrrole nitrogens is 1. The standard InChI is InChI=1S/C18H18ClFN4/c1-11-8-17(23(2)22-11)24-7-6-15-12(10-24)9-16(21-15)18-13(19)4-3-5-14(18)20/h3-5,8-9,21H,6-7,10H2,1-2H3. The molecule has 6 heteroatoms. The molecule has 1 aliphatic rings. The van der Waals surface area contributed by atoms with E-state index in [4.69, 9.17) is 11.6 Å². The van der Waals surface area contributed by atoms with Gasteiger partial charge in [0.15, 0.2) is 0 Å². The molecule has 0 atom stereocenters. The van der Waals surface area contributed by atoms with E-state index in [1.165, 1.54) is 11.6 Å². The second-order valence-corrected chi connectivity index (χ2v) is 6.63. The van der Waals surface area contributed by atoms with Crippen LogP contribution in [0.3, 0.4) is 0 Å². The van der Waals surface area contributed by atoms with Crippen molar-refractivity contribution in [3.05, 3.63) is 58.1 Å². The molecule has 0 saturated carbocycles. The molecule has 3 heterocycles. The summed E-state index contributed by atoms with van der Waals surface area (Å²) in [5.74, 6) is 0.796. The van der Waals surface area contributed by atoms with Gasteiger partial charge in [-0.05, 0) is 30.7 Å². The van der Waals surface area contributed by atoms with Crippen LogP contribution in [0.15, 0.2) is 30.3 Å². The Hall–Kier alpha value is -2.27. The largest absolute Gasteiger partial charge is 0.358 e. The van der Waals surface area contributed by atoms with Gasteiger partial charge in [0, 0.05) is 38.3 Å². The fourth-order valence-corrected chi connectivity index (χ4v) is 3.68. The van der Waals surface area contributed by atoms with Gasteiger partial charge in [0.25, 0.3) is 0 Å². The van der Waals surface area contributed by atoms with Crippen LogP contribution in [0.1, 0.15) is 17.0 Å². The number of hydrogen-bond acceptors (Lipinski definition) is 2. The van der Waals surface area contributed by atoms with Gasteiger partial charge in [0.1, 0.15) is 11.6 Å². The Bertz CT molecular complexity index is 892. The highest BCUT2D eigenvalue weighted by atomic mass is 35.5. The van der Waals surface area contributed by atoms with Gasteiger partial charge in [-0.3, -0.25) is 4.68 Å². The highest BCUT2D eigenvalue weighted by Crippen LogP contribution is 2.33. The SMILES string of the molecule is Cc1cc(N2CCc3[nH]c(-c4c(F)cccc4Cl)cc3C2)n(C)n1. The van der Waals surface area contributed by atoms with E-state index < -0.39 is 0 Å². The molecule has 24 heavy (non-hydrogen) atoms. The summed E-state index contributed by atoms with van der Waals surface area (Å²) in [5, 5.41) is 4.84. The molecule has 124 valence electrons. The Morgan fingerprint density at radius 3 is 2.83 bits per heavy atom. The van der Waals surface area contributed by atoms with Crippen LogP contribution in [0.2, 0.25) is 5.02 Å². The van der Waals surface area contributed by atoms with Crippen molar-refractivity contribution in [2.45, 2.75) is 19.9 Å². The molecule has 0 spiro atoms. The molecular formula is C18H18ClFN4. The molecule has 0 amide bonds. The van der Waals surface area contributed by atoms with Gasteiger partial charge in [0.05, 0.1) is 22.0 Å². The molecule has 0 fully saturated rings. The zero-order chi connectivity index (χ0) is 16.8. The highest BCUT2D eigenvalue weighted by Gasteiger charge is 2.23. The van der Waals surface area contributed by atoms with E-state index in [-0.39, 0.29) is 5.82 Å². The average Bonchev–Trinajstić information content (AvgIpc) is 3.09. The minimum Gasteiger partial charge on any atom is -0.358 e. The number of anilines is 1. The number of fused-ring (bicyclic) bond motifs is 1. The van der Waals surface area contributed by atoms with E-state index >= 15 is 0 Å². The number of aromatic nitrogens is 3. The molecule has 1 aromatic carbocycles. The minimum atomic E-state index is -0.305. The smallest absolute Gasteiger partial charge is 0.134 e. The topological polar surface area (TPSA) is 36.9 Å². The number of hydrogen-bond donors (Lipinski definition) is 1. The zero-order valence-corrected chi connectivity index (χ0v) is 14.4. The van der Waals surface area contributed by atoms with Crippen molar-refractivity contribution >= 4 is 17.4 Å². The summed E-state index contributed by atoms with van der Waals surface area (Å²) in [6, 6.07) is 8.87. The summed E-state index contributed by atoms with van der Waals surface area (Å²) < 4.78 is 16.1. The molecule has 2 aromatic heterocycles. The summed E-state index contributed by atoms with van der Waals surface area (Å²) >= 11 is 6.19. The number of halogens is 2. The summed E-state index contributed by atoms with van der Waals surface area (Å²) in [7, 11) is 1.96. The molecular weight excluding hydrogens is 327 g/mol. The number of rotatable bonds is 2. The zero-order valence-electron chi connectivity index (χ0n) is 13.6. The van der Waals surface area contributed by atoms with Crippen LogP contribution in [0.5, 0.6) is 0 Å². The van der Waals surface area contributed by atoms with Gasteiger partial charge in [0.2, 0.25) is 0 Å². The lowest BCUT2D eigenvalue weighted by atomic mass is 10.1. The summed E-state index contributed by atoms with van der Waals surface area (Å²) in [6.07, 6.45) is 0.881. The summed E-state index contributed by atoms with van der Waals surface area (Å²) in [4.78, 5) is 5.64. The lowest BCUT2D eigenvalue weighted by Gasteiger charge is -2.28. The molecule has 0 aliphatic carbocycles. The van der Waals surface area contributed by atoms with Crippen molar-refractivity contribution in [2.75, 3.05) is 11.4 Å². The second kappa shape index (κ2) is 5.67. The van der Waals surface area contributed by atoms with Gasteiger partial charge in [-0.15, -0.1) is 0 Å². The van der Waals surface area contributed by atoms with Crippen molar-refractivity contribution in [1.82, 2.24) is 14.8 Å². The first kappa shape index (κ1) is 15.3. The molecule has 0 unspecified atom stereocenters. The average molecular weight is 345 g/mol.